The van der Waals surface area contributed by atoms with Gasteiger partial charge in [0, 0.05) is 11.6 Å². The molecule has 1 N–H and O–H groups in total. The number of amides is 1. The molecule has 0 bridgehead atoms. The summed E-state index contributed by atoms with van der Waals surface area (Å²) in [5.74, 6) is 0.998. The first-order chi connectivity index (χ1) is 12.2. The number of rotatable bonds is 5. The molecule has 3 rings (SSSR count). The van der Waals surface area contributed by atoms with Crippen molar-refractivity contribution in [1.29, 1.82) is 0 Å². The Morgan fingerprint density at radius 1 is 1.24 bits per heavy atom. The van der Waals surface area contributed by atoms with Crippen molar-refractivity contribution in [3.8, 4) is 11.5 Å². The van der Waals surface area contributed by atoms with Gasteiger partial charge < -0.3 is 14.2 Å². The average Bonchev–Trinajstić information content (AvgIpc) is 2.67. The predicted molar refractivity (Wildman–Crippen MR) is 94.1 cm³/mol. The third-order valence-corrected chi connectivity index (χ3v) is 4.05. The number of carbonyl (C=O) groups excluding carboxylic acids is 1. The highest BCUT2D eigenvalue weighted by atomic mass is 16.5. The van der Waals surface area contributed by atoms with Crippen LogP contribution in [-0.2, 0) is 16.0 Å². The summed E-state index contributed by atoms with van der Waals surface area (Å²) in [5.41, 5.74) is 5.30. The molecule has 0 aliphatic carbocycles. The standard InChI is InChI=1S/C19H20N2O4/c1-23-15-8-7-14(17(11-15)24-2)12-20-21-19(22)18-16-6-4-3-5-13(16)9-10-25-18/h3-8,11-12,18H,9-10H2,1-2H3,(H,21,22). The van der Waals surface area contributed by atoms with Crippen molar-refractivity contribution in [2.24, 2.45) is 5.10 Å². The molecule has 1 atom stereocenters. The second kappa shape index (κ2) is 7.81. The highest BCUT2D eigenvalue weighted by Crippen LogP contribution is 2.27. The van der Waals surface area contributed by atoms with E-state index in [9.17, 15) is 4.79 Å². The Morgan fingerprint density at radius 2 is 2.08 bits per heavy atom. The minimum absolute atomic E-state index is 0.295. The van der Waals surface area contributed by atoms with Crippen LogP contribution in [-0.4, -0.2) is 32.9 Å². The highest BCUT2D eigenvalue weighted by Gasteiger charge is 2.26. The summed E-state index contributed by atoms with van der Waals surface area (Å²) in [5, 5.41) is 4.03. The molecule has 130 valence electrons. The lowest BCUT2D eigenvalue weighted by Gasteiger charge is -2.24. The molecule has 0 saturated carbocycles. The molecular weight excluding hydrogens is 320 g/mol. The zero-order chi connectivity index (χ0) is 17.6. The third-order valence-electron chi connectivity index (χ3n) is 4.05. The lowest BCUT2D eigenvalue weighted by atomic mass is 9.97. The number of carbonyl (C=O) groups is 1. The fourth-order valence-corrected chi connectivity index (χ4v) is 2.76. The molecule has 25 heavy (non-hydrogen) atoms. The van der Waals surface area contributed by atoms with E-state index in [0.29, 0.717) is 18.1 Å². The van der Waals surface area contributed by atoms with Crippen LogP contribution in [0.3, 0.4) is 0 Å². The third kappa shape index (κ3) is 3.80. The van der Waals surface area contributed by atoms with Crippen molar-refractivity contribution in [3.63, 3.8) is 0 Å². The van der Waals surface area contributed by atoms with Gasteiger partial charge in [-0.15, -0.1) is 0 Å². The van der Waals surface area contributed by atoms with Crippen LogP contribution in [0.15, 0.2) is 47.6 Å². The fraction of sp³-hybridized carbons (Fsp3) is 0.263. The van der Waals surface area contributed by atoms with Gasteiger partial charge in [-0.1, -0.05) is 24.3 Å². The number of fused-ring (bicyclic) bond motifs is 1. The Labute approximate surface area is 146 Å². The van der Waals surface area contributed by atoms with Gasteiger partial charge in [0.05, 0.1) is 27.0 Å². The zero-order valence-corrected chi connectivity index (χ0v) is 14.2. The van der Waals surface area contributed by atoms with Gasteiger partial charge in [0.25, 0.3) is 5.91 Å². The number of methoxy groups -OCH3 is 2. The fourth-order valence-electron chi connectivity index (χ4n) is 2.76. The molecule has 2 aromatic rings. The summed E-state index contributed by atoms with van der Waals surface area (Å²) in [4.78, 5) is 12.4. The number of nitrogens with one attached hydrogen (secondary N) is 1. The van der Waals surface area contributed by atoms with Gasteiger partial charge in [-0.25, -0.2) is 5.43 Å². The first kappa shape index (κ1) is 17.0. The second-order valence-corrected chi connectivity index (χ2v) is 5.54. The van der Waals surface area contributed by atoms with Crippen LogP contribution in [0, 0.1) is 0 Å². The maximum atomic E-state index is 12.4. The van der Waals surface area contributed by atoms with Crippen LogP contribution < -0.4 is 14.9 Å². The van der Waals surface area contributed by atoms with Crippen molar-refractivity contribution < 1.29 is 19.0 Å². The van der Waals surface area contributed by atoms with Gasteiger partial charge >= 0.3 is 0 Å². The molecule has 6 nitrogen and oxygen atoms in total. The molecule has 1 unspecified atom stereocenters. The number of hydrazone groups is 1. The summed E-state index contributed by atoms with van der Waals surface area (Å²) in [6.07, 6.45) is 1.71. The Kier molecular flexibility index (Phi) is 5.30. The van der Waals surface area contributed by atoms with E-state index < -0.39 is 6.10 Å². The van der Waals surface area contributed by atoms with Crippen LogP contribution >= 0.6 is 0 Å². The van der Waals surface area contributed by atoms with Crippen molar-refractivity contribution in [3.05, 3.63) is 59.2 Å². The van der Waals surface area contributed by atoms with E-state index in [2.05, 4.69) is 10.5 Å². The summed E-state index contributed by atoms with van der Waals surface area (Å²) < 4.78 is 16.1. The topological polar surface area (TPSA) is 69.2 Å². The molecule has 0 radical (unpaired) electrons. The minimum atomic E-state index is -0.639. The lowest BCUT2D eigenvalue weighted by molar-refractivity contribution is -0.134. The minimum Gasteiger partial charge on any atom is -0.497 e. The number of hydrogen-bond acceptors (Lipinski definition) is 5. The lowest BCUT2D eigenvalue weighted by Crippen LogP contribution is -2.31. The molecule has 0 saturated heterocycles. The molecule has 0 aromatic heterocycles. The molecule has 0 spiro atoms. The first-order valence-corrected chi connectivity index (χ1v) is 7.97. The SMILES string of the molecule is COc1ccc(C=NNC(=O)C2OCCc3ccccc32)c(OC)c1. The maximum absolute atomic E-state index is 12.4. The Bertz CT molecular complexity index is 789. The summed E-state index contributed by atoms with van der Waals surface area (Å²) in [6.45, 7) is 0.519. The van der Waals surface area contributed by atoms with Crippen molar-refractivity contribution in [2.45, 2.75) is 12.5 Å². The van der Waals surface area contributed by atoms with E-state index in [1.165, 1.54) is 6.21 Å². The van der Waals surface area contributed by atoms with Crippen LogP contribution in [0.25, 0.3) is 0 Å². The van der Waals surface area contributed by atoms with Gasteiger partial charge in [0.1, 0.15) is 11.5 Å². The maximum Gasteiger partial charge on any atom is 0.273 e. The average molecular weight is 340 g/mol. The van der Waals surface area contributed by atoms with Crippen LogP contribution in [0.1, 0.15) is 22.8 Å². The van der Waals surface area contributed by atoms with Crippen LogP contribution in [0.4, 0.5) is 0 Å². The largest absolute Gasteiger partial charge is 0.497 e. The Hall–Kier alpha value is -2.86. The van der Waals surface area contributed by atoms with Gasteiger partial charge in [-0.2, -0.15) is 5.10 Å². The van der Waals surface area contributed by atoms with E-state index in [-0.39, 0.29) is 5.91 Å². The summed E-state index contributed by atoms with van der Waals surface area (Å²) in [7, 11) is 3.16. The van der Waals surface area contributed by atoms with Gasteiger partial charge in [-0.05, 0) is 29.7 Å². The summed E-state index contributed by atoms with van der Waals surface area (Å²) >= 11 is 0. The number of nitrogens with zero attached hydrogens (tertiary/aromatic N) is 1. The zero-order valence-electron chi connectivity index (χ0n) is 14.2. The predicted octanol–water partition coefficient (Wildman–Crippen LogP) is 2.47. The van der Waals surface area contributed by atoms with Gasteiger partial charge in [0.2, 0.25) is 0 Å². The van der Waals surface area contributed by atoms with Crippen LogP contribution in [0.2, 0.25) is 0 Å². The van der Waals surface area contributed by atoms with Crippen molar-refractivity contribution in [1.82, 2.24) is 5.43 Å². The Balaban J connectivity index is 1.70. The molecule has 0 fully saturated rings. The Morgan fingerprint density at radius 3 is 2.88 bits per heavy atom. The van der Waals surface area contributed by atoms with Gasteiger partial charge in [-0.3, -0.25) is 4.79 Å². The van der Waals surface area contributed by atoms with E-state index in [0.717, 1.165) is 23.1 Å². The highest BCUT2D eigenvalue weighted by molar-refractivity contribution is 5.87. The monoisotopic (exact) mass is 340 g/mol. The van der Waals surface area contributed by atoms with Crippen LogP contribution in [0.5, 0.6) is 11.5 Å². The molecule has 1 heterocycles. The van der Waals surface area contributed by atoms with E-state index in [1.807, 2.05) is 24.3 Å². The normalized spacial score (nSPS) is 16.3. The molecular formula is C19H20N2O4. The first-order valence-electron chi connectivity index (χ1n) is 7.97. The van der Waals surface area contributed by atoms with E-state index in [1.54, 1.807) is 32.4 Å². The van der Waals surface area contributed by atoms with E-state index in [4.69, 9.17) is 14.2 Å². The molecule has 6 heteroatoms. The van der Waals surface area contributed by atoms with Gasteiger partial charge in [0.15, 0.2) is 6.10 Å². The number of ether oxygens (including phenoxy) is 3. The second-order valence-electron chi connectivity index (χ2n) is 5.54. The number of hydrogen-bond donors (Lipinski definition) is 1. The quantitative estimate of drug-likeness (QED) is 0.671. The molecule has 2 aromatic carbocycles. The molecule has 1 aliphatic heterocycles. The molecule has 1 aliphatic rings. The van der Waals surface area contributed by atoms with Crippen molar-refractivity contribution in [2.75, 3.05) is 20.8 Å². The van der Waals surface area contributed by atoms with Crippen molar-refractivity contribution >= 4 is 12.1 Å². The smallest absolute Gasteiger partial charge is 0.273 e. The van der Waals surface area contributed by atoms with E-state index >= 15 is 0 Å². The molecule has 1 amide bonds. The number of benzene rings is 2. The summed E-state index contributed by atoms with van der Waals surface area (Å²) in [6, 6.07) is 13.2.